The molecule has 0 bridgehead atoms. The first-order chi connectivity index (χ1) is 8.62. The van der Waals surface area contributed by atoms with Crippen molar-refractivity contribution in [3.8, 4) is 23.0 Å². The molecule has 96 valence electrons. The van der Waals surface area contributed by atoms with Crippen molar-refractivity contribution in [3.63, 3.8) is 0 Å². The number of methoxy groups -OCH3 is 3. The molecule has 0 spiro atoms. The molecule has 2 rings (SSSR count). The number of fused-ring (bicyclic) bond motifs is 1. The smallest absolute Gasteiger partial charge is 0.204 e. The van der Waals surface area contributed by atoms with Crippen LogP contribution in [-0.2, 0) is 0 Å². The second-order valence-corrected chi connectivity index (χ2v) is 4.03. The maximum atomic E-state index is 10.1. The Hall–Kier alpha value is -2.10. The van der Waals surface area contributed by atoms with Crippen molar-refractivity contribution in [2.45, 2.75) is 6.92 Å². The predicted molar refractivity (Wildman–Crippen MR) is 70.0 cm³/mol. The van der Waals surface area contributed by atoms with E-state index in [0.717, 1.165) is 10.9 Å². The number of benzene rings is 2. The normalized spacial score (nSPS) is 10.4. The Labute approximate surface area is 106 Å². The zero-order valence-corrected chi connectivity index (χ0v) is 10.9. The van der Waals surface area contributed by atoms with Crippen molar-refractivity contribution in [2.75, 3.05) is 21.3 Å². The first kappa shape index (κ1) is 12.4. The number of ether oxygens (including phenoxy) is 3. The van der Waals surface area contributed by atoms with Gasteiger partial charge in [-0.25, -0.2) is 0 Å². The highest BCUT2D eigenvalue weighted by Crippen LogP contribution is 2.46. The Morgan fingerprint density at radius 1 is 0.889 bits per heavy atom. The van der Waals surface area contributed by atoms with E-state index in [2.05, 4.69) is 0 Å². The first-order valence-electron chi connectivity index (χ1n) is 5.54. The fraction of sp³-hybridized carbons (Fsp3) is 0.286. The van der Waals surface area contributed by atoms with Gasteiger partial charge in [-0.1, -0.05) is 6.07 Å². The molecule has 1 N–H and O–H groups in total. The molecule has 0 radical (unpaired) electrons. The number of rotatable bonds is 3. The van der Waals surface area contributed by atoms with Crippen molar-refractivity contribution in [1.82, 2.24) is 0 Å². The third-order valence-corrected chi connectivity index (χ3v) is 2.86. The molecule has 4 heteroatoms. The van der Waals surface area contributed by atoms with Crippen LogP contribution in [0.2, 0.25) is 0 Å². The summed E-state index contributed by atoms with van der Waals surface area (Å²) in [7, 11) is 4.65. The molecule has 0 amide bonds. The first-order valence-corrected chi connectivity index (χ1v) is 5.54. The second-order valence-electron chi connectivity index (χ2n) is 4.03. The van der Waals surface area contributed by atoms with Gasteiger partial charge in [-0.2, -0.15) is 0 Å². The van der Waals surface area contributed by atoms with Crippen LogP contribution in [0.4, 0.5) is 0 Å². The van der Waals surface area contributed by atoms with Crippen molar-refractivity contribution in [3.05, 3.63) is 23.8 Å². The number of aromatic hydroxyl groups is 1. The zero-order valence-electron chi connectivity index (χ0n) is 10.9. The van der Waals surface area contributed by atoms with Crippen LogP contribution in [0.25, 0.3) is 10.8 Å². The van der Waals surface area contributed by atoms with E-state index in [1.54, 1.807) is 13.2 Å². The summed E-state index contributed by atoms with van der Waals surface area (Å²) >= 11 is 0. The molecular formula is C14H16O4. The Morgan fingerprint density at radius 2 is 1.56 bits per heavy atom. The van der Waals surface area contributed by atoms with Crippen molar-refractivity contribution < 1.29 is 19.3 Å². The van der Waals surface area contributed by atoms with Gasteiger partial charge in [0.1, 0.15) is 5.75 Å². The average molecular weight is 248 g/mol. The van der Waals surface area contributed by atoms with Gasteiger partial charge in [-0.05, 0) is 30.0 Å². The van der Waals surface area contributed by atoms with E-state index >= 15 is 0 Å². The van der Waals surface area contributed by atoms with E-state index in [4.69, 9.17) is 14.2 Å². The average Bonchev–Trinajstić information content (AvgIpc) is 2.35. The van der Waals surface area contributed by atoms with Crippen LogP contribution in [0.15, 0.2) is 18.2 Å². The molecule has 0 aliphatic heterocycles. The lowest BCUT2D eigenvalue weighted by Crippen LogP contribution is -1.96. The minimum atomic E-state index is 0.169. The van der Waals surface area contributed by atoms with Gasteiger partial charge in [-0.15, -0.1) is 0 Å². The highest BCUT2D eigenvalue weighted by Gasteiger charge is 2.18. The van der Waals surface area contributed by atoms with Gasteiger partial charge in [-0.3, -0.25) is 0 Å². The Balaban J connectivity index is 2.92. The highest BCUT2D eigenvalue weighted by atomic mass is 16.5. The number of aryl methyl sites for hydroxylation is 1. The second kappa shape index (κ2) is 4.64. The van der Waals surface area contributed by atoms with Crippen LogP contribution in [0.5, 0.6) is 23.0 Å². The van der Waals surface area contributed by atoms with Crippen LogP contribution in [0.3, 0.4) is 0 Å². The van der Waals surface area contributed by atoms with Gasteiger partial charge in [0.25, 0.3) is 0 Å². The molecule has 0 aliphatic carbocycles. The van der Waals surface area contributed by atoms with Crippen LogP contribution in [-0.4, -0.2) is 26.4 Å². The summed E-state index contributed by atoms with van der Waals surface area (Å²) in [5, 5.41) is 11.5. The van der Waals surface area contributed by atoms with E-state index in [9.17, 15) is 5.11 Å². The van der Waals surface area contributed by atoms with Crippen LogP contribution >= 0.6 is 0 Å². The molecule has 2 aromatic carbocycles. The fourth-order valence-electron chi connectivity index (χ4n) is 2.13. The maximum absolute atomic E-state index is 10.1. The summed E-state index contributed by atoms with van der Waals surface area (Å²) in [4.78, 5) is 0. The largest absolute Gasteiger partial charge is 0.507 e. The zero-order chi connectivity index (χ0) is 13.3. The van der Waals surface area contributed by atoms with Crippen LogP contribution < -0.4 is 14.2 Å². The van der Waals surface area contributed by atoms with E-state index < -0.39 is 0 Å². The SMILES string of the molecule is COc1cc2cc(C)cc(O)c2c(OC)c1OC. The molecule has 0 fully saturated rings. The van der Waals surface area contributed by atoms with Crippen LogP contribution in [0, 0.1) is 6.92 Å². The van der Waals surface area contributed by atoms with Gasteiger partial charge in [0.05, 0.1) is 26.7 Å². The number of phenolic OH excluding ortho intramolecular Hbond substituents is 1. The molecule has 0 aliphatic rings. The summed E-state index contributed by atoms with van der Waals surface area (Å²) in [6.45, 7) is 1.92. The molecule has 0 aromatic heterocycles. The van der Waals surface area contributed by atoms with Gasteiger partial charge < -0.3 is 19.3 Å². The van der Waals surface area contributed by atoms with E-state index in [1.807, 2.05) is 19.1 Å². The molecular weight excluding hydrogens is 232 g/mol. The summed E-state index contributed by atoms with van der Waals surface area (Å²) in [5.74, 6) is 1.70. The summed E-state index contributed by atoms with van der Waals surface area (Å²) in [6, 6.07) is 5.47. The van der Waals surface area contributed by atoms with Crippen LogP contribution in [0.1, 0.15) is 5.56 Å². The van der Waals surface area contributed by atoms with E-state index in [1.165, 1.54) is 14.2 Å². The minimum absolute atomic E-state index is 0.169. The van der Waals surface area contributed by atoms with Gasteiger partial charge in [0, 0.05) is 0 Å². The molecule has 0 heterocycles. The minimum Gasteiger partial charge on any atom is -0.507 e. The van der Waals surface area contributed by atoms with Crippen molar-refractivity contribution >= 4 is 10.8 Å². The third kappa shape index (κ3) is 1.79. The van der Waals surface area contributed by atoms with Gasteiger partial charge >= 0.3 is 0 Å². The monoisotopic (exact) mass is 248 g/mol. The highest BCUT2D eigenvalue weighted by molar-refractivity contribution is 5.98. The number of hydrogen-bond acceptors (Lipinski definition) is 4. The molecule has 2 aromatic rings. The Bertz CT molecular complexity index is 590. The Morgan fingerprint density at radius 3 is 2.11 bits per heavy atom. The van der Waals surface area contributed by atoms with Crippen molar-refractivity contribution in [1.29, 1.82) is 0 Å². The topological polar surface area (TPSA) is 47.9 Å². The van der Waals surface area contributed by atoms with E-state index in [0.29, 0.717) is 22.6 Å². The quantitative estimate of drug-likeness (QED) is 0.907. The molecule has 0 saturated heterocycles. The fourth-order valence-corrected chi connectivity index (χ4v) is 2.13. The van der Waals surface area contributed by atoms with Gasteiger partial charge in [0.15, 0.2) is 11.5 Å². The number of hydrogen-bond donors (Lipinski definition) is 1. The van der Waals surface area contributed by atoms with Gasteiger partial charge in [0.2, 0.25) is 5.75 Å². The molecule has 0 unspecified atom stereocenters. The summed E-state index contributed by atoms with van der Waals surface area (Å²) in [5.41, 5.74) is 0.967. The molecule has 4 nitrogen and oxygen atoms in total. The lowest BCUT2D eigenvalue weighted by molar-refractivity contribution is 0.326. The molecule has 0 atom stereocenters. The standard InChI is InChI=1S/C14H16O4/c1-8-5-9-7-11(16-2)13(17-3)14(18-4)12(9)10(15)6-8/h5-7,15H,1-4H3. The Kier molecular flexibility index (Phi) is 3.19. The predicted octanol–water partition coefficient (Wildman–Crippen LogP) is 2.88. The summed E-state index contributed by atoms with van der Waals surface area (Å²) < 4.78 is 15.9. The summed E-state index contributed by atoms with van der Waals surface area (Å²) in [6.07, 6.45) is 0. The lowest BCUT2D eigenvalue weighted by atomic mass is 10.0. The maximum Gasteiger partial charge on any atom is 0.204 e. The molecule has 0 saturated carbocycles. The van der Waals surface area contributed by atoms with E-state index in [-0.39, 0.29) is 5.75 Å². The lowest BCUT2D eigenvalue weighted by Gasteiger charge is -2.15. The molecule has 18 heavy (non-hydrogen) atoms. The van der Waals surface area contributed by atoms with Crippen molar-refractivity contribution in [2.24, 2.45) is 0 Å². The number of phenols is 1. The third-order valence-electron chi connectivity index (χ3n) is 2.86.